The van der Waals surface area contributed by atoms with Crippen molar-refractivity contribution in [2.75, 3.05) is 0 Å². The zero-order valence-corrected chi connectivity index (χ0v) is 6.19. The zero-order valence-electron chi connectivity index (χ0n) is 6.19. The second-order valence-corrected chi connectivity index (χ2v) is 1.91. The van der Waals surface area contributed by atoms with Crippen molar-refractivity contribution in [2.24, 2.45) is 0 Å². The first-order chi connectivity index (χ1) is 5.45. The van der Waals surface area contributed by atoms with Crippen LogP contribution in [0.15, 0.2) is 36.6 Å². The molecule has 0 atom stereocenters. The van der Waals surface area contributed by atoms with E-state index in [4.69, 9.17) is 5.11 Å². The quantitative estimate of drug-likeness (QED) is 0.294. The summed E-state index contributed by atoms with van der Waals surface area (Å²) >= 11 is 0. The Kier molecular flexibility index (Phi) is 3.42. The van der Waals surface area contributed by atoms with Crippen LogP contribution in [0.4, 0.5) is 0 Å². The highest BCUT2D eigenvalue weighted by Crippen LogP contribution is 1.98. The third-order valence-electron chi connectivity index (χ3n) is 0.986. The summed E-state index contributed by atoms with van der Waals surface area (Å²) in [5.41, 5.74) is -0.601. The summed E-state index contributed by atoms with van der Waals surface area (Å²) in [7, 11) is 0. The standard InChI is InChI=1S/C7H7NO4/c1-5(7(9)10)3-4-6(2)8(11)12/h3-4H,1-2H2,(H,9,10)/b4-3-. The fourth-order valence-corrected chi connectivity index (χ4v) is 0.329. The van der Waals surface area contributed by atoms with Crippen LogP contribution in [0.5, 0.6) is 0 Å². The van der Waals surface area contributed by atoms with E-state index in [1.54, 1.807) is 0 Å². The fourth-order valence-electron chi connectivity index (χ4n) is 0.329. The minimum Gasteiger partial charge on any atom is -0.478 e. The number of rotatable bonds is 4. The summed E-state index contributed by atoms with van der Waals surface area (Å²) < 4.78 is 0. The Balaban J connectivity index is 4.26. The van der Waals surface area contributed by atoms with Gasteiger partial charge in [0.15, 0.2) is 0 Å². The van der Waals surface area contributed by atoms with E-state index in [0.29, 0.717) is 0 Å². The molecule has 12 heavy (non-hydrogen) atoms. The van der Waals surface area contributed by atoms with Crippen LogP contribution in [0.1, 0.15) is 0 Å². The number of allylic oxidation sites excluding steroid dienone is 1. The van der Waals surface area contributed by atoms with Crippen LogP contribution in [-0.4, -0.2) is 16.0 Å². The van der Waals surface area contributed by atoms with Crippen molar-refractivity contribution in [1.82, 2.24) is 0 Å². The first-order valence-electron chi connectivity index (χ1n) is 2.88. The lowest BCUT2D eigenvalue weighted by atomic mass is 10.2. The van der Waals surface area contributed by atoms with Gasteiger partial charge in [-0.2, -0.15) is 0 Å². The smallest absolute Gasteiger partial charge is 0.335 e. The third kappa shape index (κ3) is 3.31. The predicted octanol–water partition coefficient (Wildman–Crippen LogP) is 0.974. The molecule has 0 aromatic carbocycles. The number of carboxylic acids is 1. The van der Waals surface area contributed by atoms with Crippen LogP contribution in [0.3, 0.4) is 0 Å². The van der Waals surface area contributed by atoms with Gasteiger partial charge in [-0.1, -0.05) is 6.58 Å². The lowest BCUT2D eigenvalue weighted by Crippen LogP contribution is -1.97. The van der Waals surface area contributed by atoms with Gasteiger partial charge in [0.25, 0.3) is 5.70 Å². The molecule has 0 aromatic rings. The van der Waals surface area contributed by atoms with E-state index >= 15 is 0 Å². The van der Waals surface area contributed by atoms with Crippen LogP contribution in [0.2, 0.25) is 0 Å². The van der Waals surface area contributed by atoms with Crippen LogP contribution in [0.25, 0.3) is 0 Å². The van der Waals surface area contributed by atoms with Crippen molar-refractivity contribution < 1.29 is 14.8 Å². The largest absolute Gasteiger partial charge is 0.478 e. The van der Waals surface area contributed by atoms with Gasteiger partial charge in [-0.25, -0.2) is 4.79 Å². The van der Waals surface area contributed by atoms with Crippen LogP contribution in [-0.2, 0) is 4.79 Å². The molecule has 0 bridgehead atoms. The lowest BCUT2D eigenvalue weighted by molar-refractivity contribution is -0.418. The van der Waals surface area contributed by atoms with Crippen molar-refractivity contribution in [3.63, 3.8) is 0 Å². The monoisotopic (exact) mass is 169 g/mol. The number of aliphatic carboxylic acids is 1. The zero-order chi connectivity index (χ0) is 9.72. The Morgan fingerprint density at radius 3 is 2.25 bits per heavy atom. The summed E-state index contributed by atoms with van der Waals surface area (Å²) in [6, 6.07) is 0. The van der Waals surface area contributed by atoms with E-state index in [1.165, 1.54) is 0 Å². The van der Waals surface area contributed by atoms with Crippen molar-refractivity contribution in [3.05, 3.63) is 46.7 Å². The van der Waals surface area contributed by atoms with E-state index in [9.17, 15) is 14.9 Å². The summed E-state index contributed by atoms with van der Waals surface area (Å²) in [6.07, 6.45) is 2.00. The molecule has 0 amide bonds. The van der Waals surface area contributed by atoms with Gasteiger partial charge < -0.3 is 5.11 Å². The van der Waals surface area contributed by atoms with Crippen molar-refractivity contribution in [1.29, 1.82) is 0 Å². The minimum atomic E-state index is -1.22. The summed E-state index contributed by atoms with van der Waals surface area (Å²) in [4.78, 5) is 19.4. The number of nitro groups is 1. The molecule has 0 aliphatic heterocycles. The Bertz CT molecular complexity index is 249. The van der Waals surface area contributed by atoms with Gasteiger partial charge in [0, 0.05) is 6.08 Å². The molecule has 0 aliphatic carbocycles. The first-order valence-corrected chi connectivity index (χ1v) is 2.88. The van der Waals surface area contributed by atoms with Gasteiger partial charge in [-0.3, -0.25) is 10.1 Å². The van der Waals surface area contributed by atoms with Gasteiger partial charge >= 0.3 is 5.97 Å². The Morgan fingerprint density at radius 1 is 1.42 bits per heavy atom. The molecule has 1 N–H and O–H groups in total. The summed E-state index contributed by atoms with van der Waals surface area (Å²) in [5, 5.41) is 18.2. The highest BCUT2D eigenvalue weighted by Gasteiger charge is 2.02. The highest BCUT2D eigenvalue weighted by molar-refractivity contribution is 5.89. The Hall–Kier alpha value is -1.91. The maximum Gasteiger partial charge on any atom is 0.335 e. The third-order valence-corrected chi connectivity index (χ3v) is 0.986. The molecule has 0 aromatic heterocycles. The molecule has 0 saturated carbocycles. The summed E-state index contributed by atoms with van der Waals surface area (Å²) in [5.74, 6) is -1.22. The molecule has 0 heterocycles. The first kappa shape index (κ1) is 10.1. The van der Waals surface area contributed by atoms with Crippen LogP contribution in [0, 0.1) is 10.1 Å². The van der Waals surface area contributed by atoms with Crippen LogP contribution < -0.4 is 0 Å². The lowest BCUT2D eigenvalue weighted by Gasteiger charge is -1.88. The molecule has 0 aliphatic rings. The van der Waals surface area contributed by atoms with Crippen LogP contribution >= 0.6 is 0 Å². The Labute approximate surface area is 68.5 Å². The second kappa shape index (κ2) is 4.07. The van der Waals surface area contributed by atoms with Gasteiger partial charge in [-0.15, -0.1) is 0 Å². The van der Waals surface area contributed by atoms with Crippen molar-refractivity contribution >= 4 is 5.97 Å². The van der Waals surface area contributed by atoms with Crippen molar-refractivity contribution in [2.45, 2.75) is 0 Å². The molecular formula is C7H7NO4. The van der Waals surface area contributed by atoms with Gasteiger partial charge in [0.05, 0.1) is 10.5 Å². The molecular weight excluding hydrogens is 162 g/mol. The SMILES string of the molecule is C=C(/C=C\C(=C)[N+](=O)[O-])C(=O)O. The van der Waals surface area contributed by atoms with Crippen molar-refractivity contribution in [3.8, 4) is 0 Å². The molecule has 0 fully saturated rings. The topological polar surface area (TPSA) is 80.4 Å². The van der Waals surface area contributed by atoms with E-state index in [1.807, 2.05) is 0 Å². The molecule has 64 valence electrons. The summed E-state index contributed by atoms with van der Waals surface area (Å²) in [6.45, 7) is 6.20. The second-order valence-electron chi connectivity index (χ2n) is 1.91. The number of carboxylic acid groups (broad SMARTS) is 1. The number of nitrogens with zero attached hydrogens (tertiary/aromatic N) is 1. The molecule has 5 nitrogen and oxygen atoms in total. The van der Waals surface area contributed by atoms with E-state index in [2.05, 4.69) is 13.2 Å². The number of carbonyl (C=O) groups is 1. The molecule has 5 heteroatoms. The molecule has 0 saturated heterocycles. The Morgan fingerprint density at radius 2 is 1.92 bits per heavy atom. The number of hydrogen-bond acceptors (Lipinski definition) is 3. The van der Waals surface area contributed by atoms with E-state index < -0.39 is 10.9 Å². The molecule has 0 radical (unpaired) electrons. The molecule has 0 spiro atoms. The highest BCUT2D eigenvalue weighted by atomic mass is 16.6. The average molecular weight is 169 g/mol. The average Bonchev–Trinajstić information content (AvgIpc) is 1.98. The van der Waals surface area contributed by atoms with Gasteiger partial charge in [0.2, 0.25) is 0 Å². The van der Waals surface area contributed by atoms with E-state index in [0.717, 1.165) is 12.2 Å². The maximum atomic E-state index is 10.1. The molecule has 0 rings (SSSR count). The fraction of sp³-hybridized carbons (Fsp3) is 0. The normalized spacial score (nSPS) is 9.67. The predicted molar refractivity (Wildman–Crippen MR) is 42.1 cm³/mol. The molecule has 0 unspecified atom stereocenters. The van der Waals surface area contributed by atoms with Gasteiger partial charge in [-0.05, 0) is 12.7 Å². The van der Waals surface area contributed by atoms with Gasteiger partial charge in [0.1, 0.15) is 0 Å². The minimum absolute atomic E-state index is 0.224. The van der Waals surface area contributed by atoms with E-state index in [-0.39, 0.29) is 11.3 Å². The maximum absolute atomic E-state index is 10.1. The number of hydrogen-bond donors (Lipinski definition) is 1.